The number of furan rings is 1. The summed E-state index contributed by atoms with van der Waals surface area (Å²) in [5.74, 6) is 0. The van der Waals surface area contributed by atoms with Gasteiger partial charge in [-0.1, -0.05) is 139 Å². The quantitative estimate of drug-likeness (QED) is 0.184. The highest BCUT2D eigenvalue weighted by molar-refractivity contribution is 6.21. The van der Waals surface area contributed by atoms with E-state index in [0.717, 1.165) is 0 Å². The highest BCUT2D eigenvalue weighted by atomic mass is 16.3. The Morgan fingerprint density at radius 3 is 1.56 bits per heavy atom. The van der Waals surface area contributed by atoms with E-state index in [9.17, 15) is 6.85 Å². The molecule has 0 spiro atoms. The van der Waals surface area contributed by atoms with Gasteiger partial charge in [-0.2, -0.15) is 0 Å². The van der Waals surface area contributed by atoms with Crippen LogP contribution in [0.5, 0.6) is 0 Å². The standard InChI is InChI=1S/C44H28O/c1-3-12-29(13-4-1)33-22-24-35-40-27-32(23-25-41(40)45-42(35)28-33)31-16-11-17-34(26-31)44-38-20-9-7-18-36(38)43(30-14-5-2-6-15-30)37-19-8-10-21-39(37)44/h1-28H/i1D,2D,3D,4D,5D,6D,7D,8D,9D,10D,12D,13D,14D,15D,18D,19D,20D,21D,22D,23D,24D,25D,27D,28D. The van der Waals surface area contributed by atoms with Crippen molar-refractivity contribution in [1.29, 1.82) is 0 Å². The van der Waals surface area contributed by atoms with Crippen molar-refractivity contribution in [3.8, 4) is 44.5 Å². The Morgan fingerprint density at radius 1 is 0.356 bits per heavy atom. The Kier molecular flexibility index (Phi) is 2.58. The van der Waals surface area contributed by atoms with Crippen LogP contribution in [-0.4, -0.2) is 0 Å². The Balaban J connectivity index is 1.41. The van der Waals surface area contributed by atoms with Crippen LogP contribution in [0, 0.1) is 0 Å². The minimum atomic E-state index is -0.829. The van der Waals surface area contributed by atoms with Gasteiger partial charge in [0.1, 0.15) is 11.2 Å². The molecule has 0 aliphatic heterocycles. The molecule has 9 rings (SSSR count). The molecule has 45 heavy (non-hydrogen) atoms. The molecule has 0 atom stereocenters. The number of hydrogen-bond acceptors (Lipinski definition) is 1. The third-order valence-electron chi connectivity index (χ3n) is 7.33. The zero-order valence-corrected chi connectivity index (χ0v) is 22.7. The van der Waals surface area contributed by atoms with Gasteiger partial charge < -0.3 is 4.42 Å². The van der Waals surface area contributed by atoms with E-state index in [1.807, 2.05) is 0 Å². The van der Waals surface area contributed by atoms with E-state index in [2.05, 4.69) is 0 Å². The molecule has 0 bridgehead atoms. The van der Waals surface area contributed by atoms with Gasteiger partial charge in [0, 0.05) is 10.8 Å². The molecule has 0 radical (unpaired) electrons. The molecule has 1 nitrogen and oxygen atoms in total. The molecule has 8 aromatic carbocycles. The van der Waals surface area contributed by atoms with Gasteiger partial charge in [0.05, 0.1) is 32.9 Å². The molecule has 1 aromatic heterocycles. The van der Waals surface area contributed by atoms with Gasteiger partial charge in [0.15, 0.2) is 0 Å². The third kappa shape index (κ3) is 4.24. The van der Waals surface area contributed by atoms with Crippen molar-refractivity contribution in [3.05, 3.63) is 169 Å². The van der Waals surface area contributed by atoms with E-state index < -0.39 is 189 Å². The van der Waals surface area contributed by atoms with Crippen molar-refractivity contribution < 1.29 is 37.3 Å². The first-order valence-corrected chi connectivity index (χ1v) is 13.5. The molecule has 0 N–H and O–H groups in total. The summed E-state index contributed by atoms with van der Waals surface area (Å²) in [7, 11) is 0. The zero-order valence-electron chi connectivity index (χ0n) is 46.7. The van der Waals surface area contributed by atoms with Gasteiger partial charge >= 0.3 is 0 Å². The summed E-state index contributed by atoms with van der Waals surface area (Å²) in [5, 5.41) is -2.31. The topological polar surface area (TPSA) is 13.1 Å². The molecule has 0 saturated heterocycles. The molecular formula is C44H28O. The summed E-state index contributed by atoms with van der Waals surface area (Å²) in [6.07, 6.45) is 0. The van der Waals surface area contributed by atoms with E-state index in [4.69, 9.17) is 30.5 Å². The largest absolute Gasteiger partial charge is 0.456 e. The fourth-order valence-corrected chi connectivity index (χ4v) is 5.40. The van der Waals surface area contributed by atoms with Crippen molar-refractivity contribution in [1.82, 2.24) is 0 Å². The van der Waals surface area contributed by atoms with Crippen LogP contribution in [0.2, 0.25) is 0 Å². The molecule has 0 amide bonds. The smallest absolute Gasteiger partial charge is 0.136 e. The van der Waals surface area contributed by atoms with E-state index >= 15 is 0 Å². The average molecular weight is 597 g/mol. The second-order valence-corrected chi connectivity index (χ2v) is 9.84. The zero-order chi connectivity index (χ0) is 50.6. The van der Waals surface area contributed by atoms with Crippen molar-refractivity contribution in [2.75, 3.05) is 0 Å². The van der Waals surface area contributed by atoms with Crippen LogP contribution in [0.25, 0.3) is 88.0 Å². The maximum Gasteiger partial charge on any atom is 0.136 e. The van der Waals surface area contributed by atoms with Crippen molar-refractivity contribution >= 4 is 43.5 Å². The van der Waals surface area contributed by atoms with Crippen LogP contribution in [0.15, 0.2) is 174 Å². The van der Waals surface area contributed by atoms with Gasteiger partial charge in [-0.25, -0.2) is 0 Å². The fraction of sp³-hybridized carbons (Fsp3) is 0. The molecular weight excluding hydrogens is 544 g/mol. The Bertz CT molecular complexity index is 3750. The third-order valence-corrected chi connectivity index (χ3v) is 7.33. The summed E-state index contributed by atoms with van der Waals surface area (Å²) in [6, 6.07) is -12.6. The second-order valence-electron chi connectivity index (χ2n) is 9.84. The monoisotopic (exact) mass is 596 g/mol. The number of rotatable bonds is 4. The Labute approximate surface area is 295 Å². The van der Waals surface area contributed by atoms with Gasteiger partial charge in [0.25, 0.3) is 0 Å². The molecule has 0 aliphatic carbocycles. The first-order chi connectivity index (χ1) is 32.3. The molecule has 0 saturated carbocycles. The van der Waals surface area contributed by atoms with Crippen molar-refractivity contribution in [3.63, 3.8) is 0 Å². The van der Waals surface area contributed by atoms with Crippen molar-refractivity contribution in [2.24, 2.45) is 0 Å². The number of hydrogen-bond donors (Lipinski definition) is 0. The van der Waals surface area contributed by atoms with Gasteiger partial charge in [-0.15, -0.1) is 0 Å². The van der Waals surface area contributed by atoms with Gasteiger partial charge in [-0.05, 0) is 96.3 Å². The first kappa shape index (κ1) is 11.2. The van der Waals surface area contributed by atoms with Crippen molar-refractivity contribution in [2.45, 2.75) is 0 Å². The normalized spacial score (nSPS) is 19.0. The van der Waals surface area contributed by atoms with Gasteiger partial charge in [-0.3, -0.25) is 0 Å². The second kappa shape index (κ2) is 10.4. The molecule has 1 heteroatoms. The Morgan fingerprint density at radius 2 is 0.889 bits per heavy atom. The minimum Gasteiger partial charge on any atom is -0.456 e. The van der Waals surface area contributed by atoms with Crippen LogP contribution >= 0.6 is 0 Å². The Hall–Kier alpha value is -5.92. The van der Waals surface area contributed by atoms with Crippen LogP contribution in [0.4, 0.5) is 0 Å². The van der Waals surface area contributed by atoms with E-state index in [1.165, 1.54) is 24.3 Å². The predicted molar refractivity (Wildman–Crippen MR) is 190 cm³/mol. The molecule has 1 heterocycles. The lowest BCUT2D eigenvalue weighted by Gasteiger charge is -2.18. The van der Waals surface area contributed by atoms with Crippen LogP contribution in [0.1, 0.15) is 32.9 Å². The van der Waals surface area contributed by atoms with Gasteiger partial charge in [0.2, 0.25) is 0 Å². The molecule has 0 aliphatic rings. The first-order valence-electron chi connectivity index (χ1n) is 25.5. The van der Waals surface area contributed by atoms with Crippen LogP contribution in [0.3, 0.4) is 0 Å². The summed E-state index contributed by atoms with van der Waals surface area (Å²) in [5.41, 5.74) is -3.71. The summed E-state index contributed by atoms with van der Waals surface area (Å²) in [4.78, 5) is 0. The average Bonchev–Trinajstić information content (AvgIpc) is 3.75. The van der Waals surface area contributed by atoms with Crippen LogP contribution in [-0.2, 0) is 0 Å². The lowest BCUT2D eigenvalue weighted by molar-refractivity contribution is 0.669. The van der Waals surface area contributed by atoms with E-state index in [0.29, 0.717) is 0 Å². The summed E-state index contributed by atoms with van der Waals surface area (Å²) >= 11 is 0. The van der Waals surface area contributed by atoms with E-state index in [-0.39, 0.29) is 43.8 Å². The number of fused-ring (bicyclic) bond motifs is 5. The molecule has 0 unspecified atom stereocenters. The molecule has 9 aromatic rings. The predicted octanol–water partition coefficient (Wildman–Crippen LogP) is 12.6. The molecule has 0 fully saturated rings. The summed E-state index contributed by atoms with van der Waals surface area (Å²) in [6.45, 7) is 0. The van der Waals surface area contributed by atoms with Crippen LogP contribution < -0.4 is 0 Å². The maximum absolute atomic E-state index is 9.52. The number of benzene rings is 8. The fourth-order valence-electron chi connectivity index (χ4n) is 5.40. The lowest BCUT2D eigenvalue weighted by Crippen LogP contribution is -1.91. The highest BCUT2D eigenvalue weighted by Gasteiger charge is 2.17. The maximum atomic E-state index is 9.52. The van der Waals surface area contributed by atoms with E-state index in [1.54, 1.807) is 0 Å². The lowest BCUT2D eigenvalue weighted by atomic mass is 9.85. The summed E-state index contributed by atoms with van der Waals surface area (Å²) < 4.78 is 217. The molecule has 210 valence electrons. The minimum absolute atomic E-state index is 0.0237. The highest BCUT2D eigenvalue weighted by Crippen LogP contribution is 2.44. The SMILES string of the molecule is [2H]c1c([2H])c([2H])c(-c2c([2H])c([2H])c3c(oc4c([2H])c([2H])c(-c5cccc(-c6c7c([2H])c([2H])c([2H])c([2H])c7c(-c7c([2H])c([2H])c([2H])c([2H])c7[2H])c7c([2H])c([2H])c([2H])c([2H])c67)c5)c([2H])c43)c2[2H])c([2H])c1[2H].